The van der Waals surface area contributed by atoms with E-state index in [-0.39, 0.29) is 23.1 Å². The number of benzene rings is 6. The van der Waals surface area contributed by atoms with E-state index < -0.39 is 21.8 Å². The van der Waals surface area contributed by atoms with Gasteiger partial charge in [-0.25, -0.2) is 8.42 Å². The maximum Gasteiger partial charge on any atom is 0.255 e. The number of likely N-dealkylation sites (N-methyl/N-ethyl adjacent to an activating group) is 1. The maximum absolute atomic E-state index is 13.1. The van der Waals surface area contributed by atoms with Gasteiger partial charge in [0.15, 0.2) is 9.84 Å². The molecule has 0 radical (unpaired) electrons. The molecule has 3 amide bonds. The first-order chi connectivity index (χ1) is 33.0. The van der Waals surface area contributed by atoms with Crippen LogP contribution in [0.15, 0.2) is 132 Å². The molecular weight excluding hydrogens is 885 g/mol. The average molecular weight is 941 g/mol. The third-order valence-corrected chi connectivity index (χ3v) is 13.1. The van der Waals surface area contributed by atoms with Crippen LogP contribution in [0, 0.1) is 0 Å². The molecular formula is C53H56N4O10S. The number of nitrogens with one attached hydrogen (secondary N) is 2. The largest absolute Gasteiger partial charge is 0.492 e. The molecule has 2 aliphatic heterocycles. The molecule has 0 aromatic heterocycles. The van der Waals surface area contributed by atoms with Gasteiger partial charge in [0.2, 0.25) is 11.8 Å². The summed E-state index contributed by atoms with van der Waals surface area (Å²) in [5.41, 5.74) is 4.94. The Hall–Kier alpha value is -6.78. The number of imide groups is 1. The number of amides is 3. The lowest BCUT2D eigenvalue weighted by Gasteiger charge is -2.29. The molecule has 68 heavy (non-hydrogen) atoms. The molecule has 15 heteroatoms. The molecule has 1 unspecified atom stereocenters. The van der Waals surface area contributed by atoms with Crippen molar-refractivity contribution in [1.82, 2.24) is 15.1 Å². The summed E-state index contributed by atoms with van der Waals surface area (Å²) < 4.78 is 54.9. The second kappa shape index (κ2) is 22.3. The molecule has 1 atom stereocenters. The first-order valence-corrected chi connectivity index (χ1v) is 24.8. The molecule has 0 bridgehead atoms. The van der Waals surface area contributed by atoms with E-state index >= 15 is 0 Å². The fourth-order valence-corrected chi connectivity index (χ4v) is 8.93. The zero-order chi connectivity index (χ0) is 47.5. The van der Waals surface area contributed by atoms with Crippen LogP contribution < -0.4 is 24.8 Å². The summed E-state index contributed by atoms with van der Waals surface area (Å²) in [6.07, 6.45) is 1.74. The average Bonchev–Trinajstić information content (AvgIpc) is 3.68. The Bertz CT molecular complexity index is 2820. The van der Waals surface area contributed by atoms with Gasteiger partial charge in [0.1, 0.15) is 42.3 Å². The number of sulfone groups is 1. The Morgan fingerprint density at radius 2 is 1.47 bits per heavy atom. The number of piperidine rings is 1. The molecule has 0 saturated carbocycles. The summed E-state index contributed by atoms with van der Waals surface area (Å²) in [6.45, 7) is 8.08. The number of hydrogen-bond acceptors (Lipinski definition) is 12. The summed E-state index contributed by atoms with van der Waals surface area (Å²) in [4.78, 5) is 41.2. The third kappa shape index (κ3) is 12.0. The summed E-state index contributed by atoms with van der Waals surface area (Å²) >= 11 is 0. The van der Waals surface area contributed by atoms with E-state index in [4.69, 9.17) is 23.7 Å². The van der Waals surface area contributed by atoms with Crippen LogP contribution in [0.5, 0.6) is 23.0 Å². The minimum atomic E-state index is -3.36. The van der Waals surface area contributed by atoms with Gasteiger partial charge in [-0.2, -0.15) is 0 Å². The minimum Gasteiger partial charge on any atom is -0.492 e. The van der Waals surface area contributed by atoms with E-state index in [1.807, 2.05) is 97.1 Å². The predicted molar refractivity (Wildman–Crippen MR) is 260 cm³/mol. The second-order valence-electron chi connectivity index (χ2n) is 16.6. The molecule has 2 N–H and O–H groups in total. The number of anilines is 1. The minimum absolute atomic E-state index is 0.201. The first-order valence-electron chi connectivity index (χ1n) is 22.9. The monoisotopic (exact) mass is 940 g/mol. The molecule has 8 rings (SSSR count). The van der Waals surface area contributed by atoms with Crippen molar-refractivity contribution in [2.75, 3.05) is 70.8 Å². The first kappa shape index (κ1) is 47.7. The Morgan fingerprint density at radius 3 is 2.22 bits per heavy atom. The summed E-state index contributed by atoms with van der Waals surface area (Å²) in [5.74, 6) is 1.77. The van der Waals surface area contributed by atoms with E-state index in [9.17, 15) is 22.8 Å². The molecule has 0 spiro atoms. The van der Waals surface area contributed by atoms with Crippen LogP contribution in [0.3, 0.4) is 0 Å². The Morgan fingerprint density at radius 1 is 0.735 bits per heavy atom. The summed E-state index contributed by atoms with van der Waals surface area (Å²) in [6, 6.07) is 39.1. The SMILES string of the molecule is CCN(CCOCCOCCNc1cccc2c1CN(C1CCC(=O)NC1=O)C2=O)CCOc1ccc(Oc2c(-c3ccc(S(C)(=O)=O)cc3)ccc3cc(OCc4ccccc4)ccc23)cc1. The molecule has 1 saturated heterocycles. The number of ether oxygens (including phenoxy) is 5. The number of carbonyl (C=O) groups excluding carboxylic acids is 3. The number of fused-ring (bicyclic) bond motifs is 2. The molecule has 2 aliphatic rings. The standard InChI is InChI=1S/C53H56N4O10S/c1-3-56(27-30-64-33-32-63-29-26-54-48-11-7-10-46-47(48)35-57(53(46)60)49-24-25-50(58)55-52(49)59)28-31-65-40-15-17-41(18-16-40)67-51-44(38-12-20-43(21-13-38)68(2,61)62)22-14-39-34-42(19-23-45(39)51)66-36-37-8-5-4-6-9-37/h4-23,34,49,54H,3,24-33,35-36H2,1-2H3,(H,55,58,59). The zero-order valence-electron chi connectivity index (χ0n) is 38.3. The van der Waals surface area contributed by atoms with Gasteiger partial charge in [-0.1, -0.05) is 61.5 Å². The van der Waals surface area contributed by atoms with Gasteiger partial charge < -0.3 is 33.9 Å². The van der Waals surface area contributed by atoms with E-state index in [2.05, 4.69) is 22.5 Å². The highest BCUT2D eigenvalue weighted by Crippen LogP contribution is 2.41. The van der Waals surface area contributed by atoms with Gasteiger partial charge in [-0.3, -0.25) is 24.6 Å². The van der Waals surface area contributed by atoms with Crippen LogP contribution >= 0.6 is 0 Å². The zero-order valence-corrected chi connectivity index (χ0v) is 39.1. The summed E-state index contributed by atoms with van der Waals surface area (Å²) in [5, 5.41) is 7.51. The molecule has 0 aliphatic carbocycles. The fraction of sp³-hybridized carbons (Fsp3) is 0.302. The van der Waals surface area contributed by atoms with Crippen molar-refractivity contribution in [3.63, 3.8) is 0 Å². The van der Waals surface area contributed by atoms with Crippen molar-refractivity contribution >= 4 is 44.0 Å². The lowest BCUT2D eigenvalue weighted by Crippen LogP contribution is -2.52. The lowest BCUT2D eigenvalue weighted by atomic mass is 9.99. The predicted octanol–water partition coefficient (Wildman–Crippen LogP) is 7.89. The van der Waals surface area contributed by atoms with E-state index in [1.165, 1.54) is 6.26 Å². The van der Waals surface area contributed by atoms with Gasteiger partial charge in [0, 0.05) is 66.6 Å². The number of rotatable bonds is 23. The van der Waals surface area contributed by atoms with Crippen molar-refractivity contribution in [3.8, 4) is 34.1 Å². The number of carbonyl (C=O) groups is 3. The van der Waals surface area contributed by atoms with Crippen LogP contribution in [0.25, 0.3) is 21.9 Å². The fourth-order valence-electron chi connectivity index (χ4n) is 8.30. The van der Waals surface area contributed by atoms with Crippen LogP contribution in [-0.2, 0) is 42.1 Å². The number of nitrogens with zero attached hydrogens (tertiary/aromatic N) is 2. The van der Waals surface area contributed by atoms with Crippen molar-refractivity contribution in [2.24, 2.45) is 0 Å². The smallest absolute Gasteiger partial charge is 0.255 e. The van der Waals surface area contributed by atoms with Crippen molar-refractivity contribution in [3.05, 3.63) is 144 Å². The topological polar surface area (TPSA) is 162 Å². The maximum atomic E-state index is 13.1. The van der Waals surface area contributed by atoms with Gasteiger partial charge in [0.25, 0.3) is 5.91 Å². The normalized spacial score (nSPS) is 14.8. The van der Waals surface area contributed by atoms with E-state index in [1.54, 1.807) is 35.2 Å². The van der Waals surface area contributed by atoms with E-state index in [0.29, 0.717) is 82.0 Å². The van der Waals surface area contributed by atoms with Gasteiger partial charge in [-0.05, 0) is 102 Å². The molecule has 14 nitrogen and oxygen atoms in total. The quantitative estimate of drug-likeness (QED) is 0.0473. The third-order valence-electron chi connectivity index (χ3n) is 12.0. The second-order valence-corrected chi connectivity index (χ2v) is 18.7. The van der Waals surface area contributed by atoms with Crippen molar-refractivity contribution in [1.29, 1.82) is 0 Å². The Labute approximate surface area is 397 Å². The molecule has 6 aromatic rings. The van der Waals surface area contributed by atoms with Crippen molar-refractivity contribution < 1.29 is 46.5 Å². The highest BCUT2D eigenvalue weighted by atomic mass is 32.2. The summed E-state index contributed by atoms with van der Waals surface area (Å²) in [7, 11) is -3.36. The molecule has 354 valence electrons. The Kier molecular flexibility index (Phi) is 15.7. The van der Waals surface area contributed by atoms with E-state index in [0.717, 1.165) is 64.1 Å². The molecule has 2 heterocycles. The lowest BCUT2D eigenvalue weighted by molar-refractivity contribution is -0.136. The van der Waals surface area contributed by atoms with Crippen LogP contribution in [-0.4, -0.2) is 107 Å². The van der Waals surface area contributed by atoms with Crippen molar-refractivity contribution in [2.45, 2.75) is 43.9 Å². The highest BCUT2D eigenvalue weighted by molar-refractivity contribution is 7.90. The van der Waals surface area contributed by atoms with Gasteiger partial charge >= 0.3 is 0 Å². The molecule has 6 aromatic carbocycles. The molecule has 1 fully saturated rings. The van der Waals surface area contributed by atoms with Crippen LogP contribution in [0.1, 0.15) is 41.3 Å². The van der Waals surface area contributed by atoms with Crippen LogP contribution in [0.2, 0.25) is 0 Å². The Balaban J connectivity index is 0.772. The highest BCUT2D eigenvalue weighted by Gasteiger charge is 2.39. The number of hydrogen-bond donors (Lipinski definition) is 2. The van der Waals surface area contributed by atoms with Gasteiger partial charge in [0.05, 0.1) is 31.3 Å². The van der Waals surface area contributed by atoms with Gasteiger partial charge in [-0.15, -0.1) is 0 Å². The van der Waals surface area contributed by atoms with Crippen LogP contribution in [0.4, 0.5) is 5.69 Å².